The van der Waals surface area contributed by atoms with Crippen molar-refractivity contribution in [2.24, 2.45) is 5.73 Å². The van der Waals surface area contributed by atoms with Gasteiger partial charge in [0, 0.05) is 0 Å². The minimum atomic E-state index is -3.83. The zero-order chi connectivity index (χ0) is 11.5. The predicted molar refractivity (Wildman–Crippen MR) is 53.5 cm³/mol. The van der Waals surface area contributed by atoms with Crippen LogP contribution in [0.5, 0.6) is 0 Å². The van der Waals surface area contributed by atoms with Crippen LogP contribution in [0.15, 0.2) is 21.7 Å². The Kier molecular flexibility index (Phi) is 3.77. The number of halogens is 2. The van der Waals surface area contributed by atoms with Crippen LogP contribution in [0.1, 0.15) is 0 Å². The van der Waals surface area contributed by atoms with Crippen LogP contribution >= 0.6 is 11.3 Å². The zero-order valence-corrected chi connectivity index (χ0v) is 9.25. The van der Waals surface area contributed by atoms with Gasteiger partial charge in [0.25, 0.3) is 5.92 Å². The summed E-state index contributed by atoms with van der Waals surface area (Å²) in [5, 5.41) is 1.55. The lowest BCUT2D eigenvalue weighted by Gasteiger charge is -2.13. The maximum absolute atomic E-state index is 12.7. The molecule has 0 radical (unpaired) electrons. The van der Waals surface area contributed by atoms with Crippen LogP contribution < -0.4 is 10.5 Å². The van der Waals surface area contributed by atoms with Gasteiger partial charge in [0.15, 0.2) is 0 Å². The van der Waals surface area contributed by atoms with Gasteiger partial charge in [0.05, 0.1) is 13.1 Å². The molecule has 86 valence electrons. The van der Waals surface area contributed by atoms with Crippen molar-refractivity contribution in [3.05, 3.63) is 17.5 Å². The van der Waals surface area contributed by atoms with E-state index in [1.54, 1.807) is 10.1 Å². The van der Waals surface area contributed by atoms with Crippen molar-refractivity contribution in [1.29, 1.82) is 0 Å². The van der Waals surface area contributed by atoms with E-state index in [0.717, 1.165) is 11.3 Å². The molecule has 1 aromatic heterocycles. The average molecular weight is 256 g/mol. The van der Waals surface area contributed by atoms with E-state index >= 15 is 0 Å². The average Bonchev–Trinajstić information content (AvgIpc) is 2.69. The highest BCUT2D eigenvalue weighted by molar-refractivity contribution is 7.91. The Bertz CT molecular complexity index is 403. The molecule has 15 heavy (non-hydrogen) atoms. The Morgan fingerprint density at radius 1 is 1.53 bits per heavy atom. The molecule has 0 bridgehead atoms. The monoisotopic (exact) mass is 256 g/mol. The van der Waals surface area contributed by atoms with Crippen molar-refractivity contribution < 1.29 is 17.2 Å². The number of sulfonamides is 1. The molecule has 1 rings (SSSR count). The van der Waals surface area contributed by atoms with Gasteiger partial charge in [-0.1, -0.05) is 6.07 Å². The topological polar surface area (TPSA) is 72.2 Å². The molecule has 0 saturated heterocycles. The van der Waals surface area contributed by atoms with Gasteiger partial charge in [-0.2, -0.15) is 0 Å². The van der Waals surface area contributed by atoms with Gasteiger partial charge in [-0.05, 0) is 11.4 Å². The highest BCUT2D eigenvalue weighted by Crippen LogP contribution is 2.17. The van der Waals surface area contributed by atoms with Crippen molar-refractivity contribution in [1.82, 2.24) is 4.72 Å². The van der Waals surface area contributed by atoms with Crippen LogP contribution in [-0.2, 0) is 10.0 Å². The fraction of sp³-hybridized carbons (Fsp3) is 0.429. The SMILES string of the molecule is NCC(F)(F)CNS(=O)(=O)c1cccs1. The Labute approximate surface area is 90.1 Å². The van der Waals surface area contributed by atoms with Crippen LogP contribution in [0, 0.1) is 0 Å². The molecule has 0 aromatic carbocycles. The maximum atomic E-state index is 12.7. The highest BCUT2D eigenvalue weighted by atomic mass is 32.2. The summed E-state index contributed by atoms with van der Waals surface area (Å²) in [6.07, 6.45) is 0. The summed E-state index contributed by atoms with van der Waals surface area (Å²) in [4.78, 5) is 0. The van der Waals surface area contributed by atoms with E-state index in [0.29, 0.717) is 0 Å². The fourth-order valence-corrected chi connectivity index (χ4v) is 2.86. The molecule has 0 fully saturated rings. The Morgan fingerprint density at radius 2 is 2.20 bits per heavy atom. The molecular formula is C7H10F2N2O2S2. The lowest BCUT2D eigenvalue weighted by atomic mass is 10.3. The second-order valence-corrected chi connectivity index (χ2v) is 5.76. The van der Waals surface area contributed by atoms with Crippen LogP contribution in [0.2, 0.25) is 0 Å². The van der Waals surface area contributed by atoms with Crippen molar-refractivity contribution in [2.75, 3.05) is 13.1 Å². The van der Waals surface area contributed by atoms with Crippen molar-refractivity contribution >= 4 is 21.4 Å². The molecule has 1 aromatic rings. The first-order chi connectivity index (χ1) is 6.87. The summed E-state index contributed by atoms with van der Waals surface area (Å²) < 4.78 is 49.9. The summed E-state index contributed by atoms with van der Waals surface area (Å²) >= 11 is 0.961. The minimum Gasteiger partial charge on any atom is -0.325 e. The molecule has 0 amide bonds. The maximum Gasteiger partial charge on any atom is 0.273 e. The third-order valence-corrected chi connectivity index (χ3v) is 4.38. The van der Waals surface area contributed by atoms with Crippen molar-refractivity contribution in [2.45, 2.75) is 10.1 Å². The summed E-state index contributed by atoms with van der Waals surface area (Å²) in [5.74, 6) is -3.22. The quantitative estimate of drug-likeness (QED) is 0.811. The summed E-state index contributed by atoms with van der Waals surface area (Å²) in [6, 6.07) is 2.87. The molecule has 0 saturated carbocycles. The van der Waals surface area contributed by atoms with Crippen molar-refractivity contribution in [3.8, 4) is 0 Å². The van der Waals surface area contributed by atoms with Gasteiger partial charge in [-0.3, -0.25) is 0 Å². The van der Waals surface area contributed by atoms with Crippen LogP contribution in [0.3, 0.4) is 0 Å². The van der Waals surface area contributed by atoms with E-state index < -0.39 is 29.0 Å². The second kappa shape index (κ2) is 4.52. The standard InChI is InChI=1S/C7H10F2N2O2S2/c8-7(9,4-10)5-11-15(12,13)6-2-1-3-14-6/h1-3,11H,4-5,10H2. The molecular weight excluding hydrogens is 246 g/mol. The zero-order valence-electron chi connectivity index (χ0n) is 7.61. The summed E-state index contributed by atoms with van der Waals surface area (Å²) in [5.41, 5.74) is 4.77. The fourth-order valence-electron chi connectivity index (χ4n) is 0.760. The van der Waals surface area contributed by atoms with E-state index in [-0.39, 0.29) is 4.21 Å². The van der Waals surface area contributed by atoms with Gasteiger partial charge < -0.3 is 5.73 Å². The van der Waals surface area contributed by atoms with Gasteiger partial charge in [-0.25, -0.2) is 21.9 Å². The molecule has 8 heteroatoms. The molecule has 3 N–H and O–H groups in total. The Morgan fingerprint density at radius 3 is 2.67 bits per heavy atom. The highest BCUT2D eigenvalue weighted by Gasteiger charge is 2.29. The largest absolute Gasteiger partial charge is 0.325 e. The molecule has 0 unspecified atom stereocenters. The molecule has 0 aliphatic rings. The predicted octanol–water partition coefficient (Wildman–Crippen LogP) is 0.620. The lowest BCUT2D eigenvalue weighted by Crippen LogP contribution is -2.41. The van der Waals surface area contributed by atoms with Gasteiger partial charge in [-0.15, -0.1) is 11.3 Å². The Hall–Kier alpha value is -0.570. The van der Waals surface area contributed by atoms with Gasteiger partial charge >= 0.3 is 0 Å². The third kappa shape index (κ3) is 3.49. The number of thiophene rings is 1. The van der Waals surface area contributed by atoms with E-state index in [1.165, 1.54) is 12.1 Å². The number of nitrogens with one attached hydrogen (secondary N) is 1. The molecule has 0 spiro atoms. The van der Waals surface area contributed by atoms with Crippen LogP contribution in [0.25, 0.3) is 0 Å². The second-order valence-electron chi connectivity index (χ2n) is 2.82. The minimum absolute atomic E-state index is 0.00956. The van der Waals surface area contributed by atoms with E-state index in [4.69, 9.17) is 5.73 Å². The van der Waals surface area contributed by atoms with E-state index in [1.807, 2.05) is 0 Å². The third-order valence-electron chi connectivity index (χ3n) is 1.58. The summed E-state index contributed by atoms with van der Waals surface area (Å²) in [7, 11) is -3.83. The van der Waals surface area contributed by atoms with E-state index in [2.05, 4.69) is 0 Å². The number of hydrogen-bond acceptors (Lipinski definition) is 4. The van der Waals surface area contributed by atoms with Crippen molar-refractivity contribution in [3.63, 3.8) is 0 Å². The molecule has 0 aliphatic heterocycles. The van der Waals surface area contributed by atoms with E-state index in [9.17, 15) is 17.2 Å². The number of nitrogens with two attached hydrogens (primary N) is 1. The van der Waals surface area contributed by atoms with Gasteiger partial charge in [0.1, 0.15) is 4.21 Å². The summed E-state index contributed by atoms with van der Waals surface area (Å²) in [6.45, 7) is -1.87. The first kappa shape index (κ1) is 12.5. The molecule has 0 aliphatic carbocycles. The first-order valence-corrected chi connectivity index (χ1v) is 6.35. The van der Waals surface area contributed by atoms with Crippen LogP contribution in [-0.4, -0.2) is 27.4 Å². The number of alkyl halides is 2. The molecule has 0 atom stereocenters. The lowest BCUT2D eigenvalue weighted by molar-refractivity contribution is 0.0170. The first-order valence-electron chi connectivity index (χ1n) is 3.98. The number of hydrogen-bond donors (Lipinski definition) is 2. The van der Waals surface area contributed by atoms with Crippen LogP contribution in [0.4, 0.5) is 8.78 Å². The number of rotatable bonds is 5. The molecule has 4 nitrogen and oxygen atoms in total. The Balaban J connectivity index is 2.67. The van der Waals surface area contributed by atoms with Gasteiger partial charge in [0.2, 0.25) is 10.0 Å². The smallest absolute Gasteiger partial charge is 0.273 e. The normalized spacial score (nSPS) is 13.0. The molecule has 1 heterocycles.